The van der Waals surface area contributed by atoms with Crippen molar-refractivity contribution >= 4 is 40.2 Å². The van der Waals surface area contributed by atoms with Crippen LogP contribution < -0.4 is 5.73 Å². The van der Waals surface area contributed by atoms with Crippen LogP contribution in [0.5, 0.6) is 0 Å². The van der Waals surface area contributed by atoms with Gasteiger partial charge in [-0.1, -0.05) is 24.3 Å². The molecule has 0 amide bonds. The summed E-state index contributed by atoms with van der Waals surface area (Å²) in [7, 11) is 1.40. The maximum Gasteiger partial charge on any atom is 0.313 e. The monoisotopic (exact) mass is 360 g/mol. The Morgan fingerprint density at radius 1 is 1.16 bits per heavy atom. The maximum absolute atomic E-state index is 12.1. The highest BCUT2D eigenvalue weighted by Crippen LogP contribution is 2.36. The number of aromatic nitrogens is 1. The largest absolute Gasteiger partial charge is 0.469 e. The predicted octanol–water partition coefficient (Wildman–Crippen LogP) is 4.44. The third-order valence-corrected chi connectivity index (χ3v) is 4.96. The topological polar surface area (TPSA) is 57.2 Å². The Kier molecular flexibility index (Phi) is 5.45. The van der Waals surface area contributed by atoms with E-state index < -0.39 is 11.5 Å². The molecule has 2 aromatic carbocycles. The minimum atomic E-state index is -0.786. The van der Waals surface area contributed by atoms with Crippen LogP contribution in [0.4, 0.5) is 0 Å². The molecule has 3 aromatic rings. The van der Waals surface area contributed by atoms with Gasteiger partial charge in [0.15, 0.2) is 0 Å². The number of nitrogens with two attached hydrogens (primary N) is 1. The number of aryl methyl sites for hydroxylation is 1. The summed E-state index contributed by atoms with van der Waals surface area (Å²) >= 11 is 0. The number of esters is 1. The molecular weight excluding hydrogens is 336 g/mol. The lowest BCUT2D eigenvalue weighted by molar-refractivity contribution is -0.152. The number of ether oxygens (including phenoxy) is 1. The molecule has 1 atom stereocenters. The van der Waals surface area contributed by atoms with Crippen molar-refractivity contribution in [1.82, 2.24) is 4.57 Å². The van der Waals surface area contributed by atoms with Crippen molar-refractivity contribution in [2.24, 2.45) is 11.1 Å². The first kappa shape index (κ1) is 19.3. The van der Waals surface area contributed by atoms with E-state index in [-0.39, 0.29) is 18.4 Å². The highest BCUT2D eigenvalue weighted by atomic mass is 35.5. The summed E-state index contributed by atoms with van der Waals surface area (Å²) < 4.78 is 7.21. The highest BCUT2D eigenvalue weighted by molar-refractivity contribution is 6.08. The number of para-hydroxylation sites is 1. The van der Waals surface area contributed by atoms with Crippen molar-refractivity contribution in [3.05, 3.63) is 48.0 Å². The van der Waals surface area contributed by atoms with Crippen molar-refractivity contribution < 1.29 is 9.53 Å². The van der Waals surface area contributed by atoms with E-state index in [4.69, 9.17) is 10.5 Å². The molecule has 0 aliphatic carbocycles. The molecule has 0 aliphatic rings. The summed E-state index contributed by atoms with van der Waals surface area (Å²) in [6.45, 7) is 6.70. The molecule has 0 bridgehead atoms. The second kappa shape index (κ2) is 7.06. The van der Waals surface area contributed by atoms with Crippen LogP contribution >= 0.6 is 12.4 Å². The van der Waals surface area contributed by atoms with Crippen LogP contribution in [0.2, 0.25) is 0 Å². The molecule has 4 nitrogen and oxygen atoms in total. The van der Waals surface area contributed by atoms with Crippen molar-refractivity contribution in [2.45, 2.75) is 33.4 Å². The average Bonchev–Trinajstić information content (AvgIpc) is 2.93. The van der Waals surface area contributed by atoms with Gasteiger partial charge in [0.2, 0.25) is 0 Å². The van der Waals surface area contributed by atoms with E-state index in [1.54, 1.807) is 0 Å². The van der Waals surface area contributed by atoms with E-state index in [1.807, 2.05) is 26.0 Å². The SMILES string of the molecule is CCn1c2ccccc2c2cc([C@H](N)C(C)(C)C(=O)OC)ccc21.Cl. The third-order valence-electron chi connectivity index (χ3n) is 4.96. The van der Waals surface area contributed by atoms with Gasteiger partial charge < -0.3 is 15.0 Å². The van der Waals surface area contributed by atoms with Gasteiger partial charge in [0.05, 0.1) is 12.5 Å². The molecule has 0 aliphatic heterocycles. The molecule has 0 saturated heterocycles. The van der Waals surface area contributed by atoms with E-state index in [2.05, 4.69) is 41.8 Å². The normalized spacial score (nSPS) is 12.8. The number of hydrogen-bond donors (Lipinski definition) is 1. The average molecular weight is 361 g/mol. The first-order chi connectivity index (χ1) is 11.4. The van der Waals surface area contributed by atoms with Gasteiger partial charge in [-0.25, -0.2) is 0 Å². The molecule has 0 radical (unpaired) electrons. The Balaban J connectivity index is 0.00000225. The fourth-order valence-electron chi connectivity index (χ4n) is 3.41. The lowest BCUT2D eigenvalue weighted by atomic mass is 9.81. The molecule has 0 spiro atoms. The Morgan fingerprint density at radius 3 is 2.44 bits per heavy atom. The van der Waals surface area contributed by atoms with E-state index in [0.717, 1.165) is 12.1 Å². The molecule has 134 valence electrons. The number of rotatable bonds is 4. The number of carbonyl (C=O) groups excluding carboxylic acids is 1. The summed E-state index contributed by atoms with van der Waals surface area (Å²) in [5.41, 5.74) is 8.97. The highest BCUT2D eigenvalue weighted by Gasteiger charge is 2.36. The molecule has 0 fully saturated rings. The van der Waals surface area contributed by atoms with Crippen LogP contribution in [0.1, 0.15) is 32.4 Å². The summed E-state index contributed by atoms with van der Waals surface area (Å²) in [4.78, 5) is 12.1. The van der Waals surface area contributed by atoms with Crippen LogP contribution in [0, 0.1) is 5.41 Å². The van der Waals surface area contributed by atoms with Crippen molar-refractivity contribution in [1.29, 1.82) is 0 Å². The fraction of sp³-hybridized carbons (Fsp3) is 0.350. The molecule has 5 heteroatoms. The molecule has 3 rings (SSSR count). The lowest BCUT2D eigenvalue weighted by Gasteiger charge is -2.29. The van der Waals surface area contributed by atoms with E-state index >= 15 is 0 Å². The number of methoxy groups -OCH3 is 1. The van der Waals surface area contributed by atoms with Gasteiger partial charge in [-0.05, 0) is 44.5 Å². The minimum absolute atomic E-state index is 0. The van der Waals surface area contributed by atoms with Gasteiger partial charge in [-0.15, -0.1) is 12.4 Å². The quantitative estimate of drug-likeness (QED) is 0.700. The zero-order valence-electron chi connectivity index (χ0n) is 15.1. The summed E-state index contributed by atoms with van der Waals surface area (Å²) in [5, 5.41) is 2.38. The Bertz CT molecular complexity index is 915. The number of halogens is 1. The first-order valence-electron chi connectivity index (χ1n) is 8.26. The van der Waals surface area contributed by atoms with Gasteiger partial charge in [-0.2, -0.15) is 0 Å². The number of fused-ring (bicyclic) bond motifs is 3. The van der Waals surface area contributed by atoms with Gasteiger partial charge in [0, 0.05) is 34.4 Å². The molecule has 1 heterocycles. The van der Waals surface area contributed by atoms with Gasteiger partial charge >= 0.3 is 5.97 Å². The van der Waals surface area contributed by atoms with Crippen LogP contribution in [0.15, 0.2) is 42.5 Å². The Labute approximate surface area is 154 Å². The molecule has 0 unspecified atom stereocenters. The number of benzene rings is 2. The standard InChI is InChI=1S/C20H24N2O2.ClH/c1-5-22-16-9-7-6-8-14(16)15-12-13(10-11-17(15)22)18(21)20(2,3)19(23)24-4;/h6-12,18H,5,21H2,1-4H3;1H/t18-;/m0./s1. The second-order valence-electron chi connectivity index (χ2n) is 6.73. The first-order valence-corrected chi connectivity index (χ1v) is 8.26. The van der Waals surface area contributed by atoms with Crippen molar-refractivity contribution in [2.75, 3.05) is 7.11 Å². The smallest absolute Gasteiger partial charge is 0.313 e. The number of hydrogen-bond acceptors (Lipinski definition) is 3. The summed E-state index contributed by atoms with van der Waals surface area (Å²) in [6.07, 6.45) is 0. The molecule has 0 saturated carbocycles. The maximum atomic E-state index is 12.1. The summed E-state index contributed by atoms with van der Waals surface area (Å²) in [5.74, 6) is -0.300. The molecular formula is C20H25ClN2O2. The van der Waals surface area contributed by atoms with Crippen LogP contribution in [0.3, 0.4) is 0 Å². The zero-order chi connectivity index (χ0) is 17.5. The van der Waals surface area contributed by atoms with Gasteiger partial charge in [0.1, 0.15) is 0 Å². The van der Waals surface area contributed by atoms with E-state index in [0.29, 0.717) is 0 Å². The number of nitrogens with zero attached hydrogens (tertiary/aromatic N) is 1. The van der Waals surface area contributed by atoms with Gasteiger partial charge in [0.25, 0.3) is 0 Å². The molecule has 2 N–H and O–H groups in total. The van der Waals surface area contributed by atoms with Crippen molar-refractivity contribution in [3.8, 4) is 0 Å². The minimum Gasteiger partial charge on any atom is -0.469 e. The number of carbonyl (C=O) groups is 1. The van der Waals surface area contributed by atoms with Crippen LogP contribution in [0.25, 0.3) is 21.8 Å². The third kappa shape index (κ3) is 3.00. The van der Waals surface area contributed by atoms with Crippen LogP contribution in [-0.4, -0.2) is 17.6 Å². The van der Waals surface area contributed by atoms with Crippen LogP contribution in [-0.2, 0) is 16.1 Å². The Morgan fingerprint density at radius 2 is 1.80 bits per heavy atom. The summed E-state index contributed by atoms with van der Waals surface area (Å²) in [6, 6.07) is 14.2. The molecule has 1 aromatic heterocycles. The van der Waals surface area contributed by atoms with E-state index in [9.17, 15) is 4.79 Å². The van der Waals surface area contributed by atoms with E-state index in [1.165, 1.54) is 28.9 Å². The zero-order valence-corrected chi connectivity index (χ0v) is 15.9. The molecule has 25 heavy (non-hydrogen) atoms. The van der Waals surface area contributed by atoms with Gasteiger partial charge in [-0.3, -0.25) is 4.79 Å². The predicted molar refractivity (Wildman–Crippen MR) is 105 cm³/mol. The fourth-order valence-corrected chi connectivity index (χ4v) is 3.41. The lowest BCUT2D eigenvalue weighted by Crippen LogP contribution is -2.37. The second-order valence-corrected chi connectivity index (χ2v) is 6.73. The van der Waals surface area contributed by atoms with Crippen molar-refractivity contribution in [3.63, 3.8) is 0 Å². The Hall–Kier alpha value is -2.04.